The smallest absolute Gasteiger partial charge is 0.335 e. The van der Waals surface area contributed by atoms with Gasteiger partial charge in [0.05, 0.1) is 10.5 Å². The number of carboxylic acids is 1. The number of aromatic carboxylic acids is 1. The molecule has 0 radical (unpaired) electrons. The van der Waals surface area contributed by atoms with Crippen molar-refractivity contribution in [1.29, 1.82) is 0 Å². The Bertz CT molecular complexity index is 657. The fourth-order valence-corrected chi connectivity index (χ4v) is 2.36. The number of thiazole rings is 1. The molecular weight excluding hydrogens is 340 g/mol. The number of nitrogens with zero attached hydrogens (tertiary/aromatic N) is 2. The van der Waals surface area contributed by atoms with Crippen molar-refractivity contribution < 1.29 is 19.6 Å². The first kappa shape index (κ1) is 13.4. The molecule has 0 aliphatic heterocycles. The van der Waals surface area contributed by atoms with Crippen LogP contribution in [0.15, 0.2) is 28.2 Å². The number of hydrogen-bond acceptors (Lipinski definition) is 6. The Kier molecular flexibility index (Phi) is 3.76. The Morgan fingerprint density at radius 2 is 2.26 bits per heavy atom. The van der Waals surface area contributed by atoms with Crippen LogP contribution in [0.4, 0.5) is 5.69 Å². The van der Waals surface area contributed by atoms with Crippen LogP contribution in [-0.4, -0.2) is 21.0 Å². The SMILES string of the molecule is O=C(O)c1ccc([N+](=O)[O-])c(Oc2nc(Br)cs2)c1. The Hall–Kier alpha value is -2.00. The van der Waals surface area contributed by atoms with Crippen molar-refractivity contribution in [3.8, 4) is 10.9 Å². The maximum absolute atomic E-state index is 10.9. The molecule has 0 aliphatic rings. The Morgan fingerprint density at radius 1 is 1.53 bits per heavy atom. The predicted molar refractivity (Wildman–Crippen MR) is 69.9 cm³/mol. The van der Waals surface area contributed by atoms with E-state index in [0.29, 0.717) is 4.60 Å². The van der Waals surface area contributed by atoms with Crippen LogP contribution in [0.1, 0.15) is 10.4 Å². The third-order valence-electron chi connectivity index (χ3n) is 2.06. The van der Waals surface area contributed by atoms with Gasteiger partial charge >= 0.3 is 11.7 Å². The molecule has 2 aromatic rings. The molecule has 0 amide bonds. The van der Waals surface area contributed by atoms with E-state index in [9.17, 15) is 14.9 Å². The molecule has 1 N–H and O–H groups in total. The lowest BCUT2D eigenvalue weighted by atomic mass is 10.2. The van der Waals surface area contributed by atoms with Crippen molar-refractivity contribution in [3.63, 3.8) is 0 Å². The molecule has 7 nitrogen and oxygen atoms in total. The van der Waals surface area contributed by atoms with Gasteiger partial charge in [-0.15, -0.1) is 0 Å². The van der Waals surface area contributed by atoms with E-state index in [4.69, 9.17) is 9.84 Å². The summed E-state index contributed by atoms with van der Waals surface area (Å²) in [5, 5.41) is 21.5. The Morgan fingerprint density at radius 3 is 2.79 bits per heavy atom. The van der Waals surface area contributed by atoms with Crippen molar-refractivity contribution >= 4 is 38.9 Å². The van der Waals surface area contributed by atoms with Gasteiger partial charge in [-0.3, -0.25) is 10.1 Å². The van der Waals surface area contributed by atoms with Gasteiger partial charge in [-0.1, -0.05) is 11.3 Å². The van der Waals surface area contributed by atoms with Crippen LogP contribution in [0.3, 0.4) is 0 Å². The molecule has 0 spiro atoms. The van der Waals surface area contributed by atoms with Crippen LogP contribution in [0.2, 0.25) is 0 Å². The fraction of sp³-hybridized carbons (Fsp3) is 0. The van der Waals surface area contributed by atoms with E-state index in [1.54, 1.807) is 5.38 Å². The molecule has 0 fully saturated rings. The summed E-state index contributed by atoms with van der Waals surface area (Å²) in [5.74, 6) is -1.35. The number of hydrogen-bond donors (Lipinski definition) is 1. The van der Waals surface area contributed by atoms with Gasteiger partial charge in [-0.2, -0.15) is 4.98 Å². The van der Waals surface area contributed by atoms with E-state index in [-0.39, 0.29) is 22.2 Å². The summed E-state index contributed by atoms with van der Waals surface area (Å²) in [4.78, 5) is 25.0. The number of aromatic nitrogens is 1. The lowest BCUT2D eigenvalue weighted by Crippen LogP contribution is -1.99. The number of ether oxygens (including phenoxy) is 1. The summed E-state index contributed by atoms with van der Waals surface area (Å²) in [5.41, 5.74) is -0.424. The van der Waals surface area contributed by atoms with Gasteiger partial charge < -0.3 is 9.84 Å². The quantitative estimate of drug-likeness (QED) is 0.674. The lowest BCUT2D eigenvalue weighted by molar-refractivity contribution is -0.385. The highest BCUT2D eigenvalue weighted by Gasteiger charge is 2.19. The van der Waals surface area contributed by atoms with Crippen LogP contribution in [0, 0.1) is 10.1 Å². The van der Waals surface area contributed by atoms with Crippen molar-refractivity contribution in [2.45, 2.75) is 0 Å². The fourth-order valence-electron chi connectivity index (χ4n) is 1.26. The van der Waals surface area contributed by atoms with Gasteiger partial charge in [0.15, 0.2) is 0 Å². The molecule has 0 unspecified atom stereocenters. The molecule has 1 aromatic carbocycles. The van der Waals surface area contributed by atoms with Crippen molar-refractivity contribution in [2.75, 3.05) is 0 Å². The number of carboxylic acid groups (broad SMARTS) is 1. The normalized spacial score (nSPS) is 10.2. The lowest BCUT2D eigenvalue weighted by Gasteiger charge is -2.03. The van der Waals surface area contributed by atoms with E-state index >= 15 is 0 Å². The second-order valence-corrected chi connectivity index (χ2v) is 4.92. The highest BCUT2D eigenvalue weighted by atomic mass is 79.9. The van der Waals surface area contributed by atoms with Crippen LogP contribution in [0.5, 0.6) is 10.9 Å². The van der Waals surface area contributed by atoms with E-state index in [1.807, 2.05) is 0 Å². The van der Waals surface area contributed by atoms with Crippen LogP contribution in [0.25, 0.3) is 0 Å². The maximum Gasteiger partial charge on any atom is 0.335 e. The number of nitro groups is 1. The molecule has 0 saturated heterocycles. The van der Waals surface area contributed by atoms with Gasteiger partial charge in [-0.25, -0.2) is 4.79 Å². The topological polar surface area (TPSA) is 103 Å². The minimum Gasteiger partial charge on any atom is -0.478 e. The van der Waals surface area contributed by atoms with Crippen LogP contribution >= 0.6 is 27.3 Å². The van der Waals surface area contributed by atoms with E-state index in [2.05, 4.69) is 20.9 Å². The molecule has 0 atom stereocenters. The van der Waals surface area contributed by atoms with E-state index < -0.39 is 10.9 Å². The third-order valence-corrected chi connectivity index (χ3v) is 3.48. The highest BCUT2D eigenvalue weighted by molar-refractivity contribution is 9.10. The van der Waals surface area contributed by atoms with E-state index in [0.717, 1.165) is 29.5 Å². The standard InChI is InChI=1S/C10H5BrN2O5S/c11-8-4-19-10(12-8)18-7-3-5(9(14)15)1-2-6(7)13(16)17/h1-4H,(H,14,15). The molecule has 0 saturated carbocycles. The molecule has 1 aromatic heterocycles. The minimum atomic E-state index is -1.19. The first-order valence-corrected chi connectivity index (χ1v) is 6.45. The van der Waals surface area contributed by atoms with Crippen LogP contribution < -0.4 is 4.74 Å². The van der Waals surface area contributed by atoms with Gasteiger partial charge in [0, 0.05) is 17.5 Å². The number of rotatable bonds is 4. The molecule has 0 aliphatic carbocycles. The summed E-state index contributed by atoms with van der Waals surface area (Å²) in [7, 11) is 0. The second kappa shape index (κ2) is 5.33. The molecule has 19 heavy (non-hydrogen) atoms. The highest BCUT2D eigenvalue weighted by Crippen LogP contribution is 2.34. The molecule has 0 bridgehead atoms. The molecule has 1 heterocycles. The predicted octanol–water partition coefficient (Wildman–Crippen LogP) is 3.30. The summed E-state index contributed by atoms with van der Waals surface area (Å²) >= 11 is 4.25. The zero-order chi connectivity index (χ0) is 14.0. The summed E-state index contributed by atoms with van der Waals surface area (Å²) in [6.07, 6.45) is 0. The van der Waals surface area contributed by atoms with Crippen molar-refractivity contribution in [2.24, 2.45) is 0 Å². The Balaban J connectivity index is 2.42. The summed E-state index contributed by atoms with van der Waals surface area (Å²) in [6.45, 7) is 0. The molecule has 2 rings (SSSR count). The summed E-state index contributed by atoms with van der Waals surface area (Å²) < 4.78 is 5.79. The molecular formula is C10H5BrN2O5S. The monoisotopic (exact) mass is 344 g/mol. The van der Waals surface area contributed by atoms with Gasteiger partial charge in [0.2, 0.25) is 5.75 Å². The number of benzene rings is 1. The largest absolute Gasteiger partial charge is 0.478 e. The van der Waals surface area contributed by atoms with Crippen molar-refractivity contribution in [1.82, 2.24) is 4.98 Å². The van der Waals surface area contributed by atoms with Gasteiger partial charge in [0.1, 0.15) is 4.60 Å². The summed E-state index contributed by atoms with van der Waals surface area (Å²) in [6, 6.07) is 3.32. The zero-order valence-corrected chi connectivity index (χ0v) is 11.5. The first-order chi connectivity index (χ1) is 8.97. The van der Waals surface area contributed by atoms with E-state index in [1.165, 1.54) is 0 Å². The van der Waals surface area contributed by atoms with Gasteiger partial charge in [-0.05, 0) is 22.0 Å². The maximum atomic E-state index is 10.9. The number of halogens is 1. The van der Waals surface area contributed by atoms with Crippen molar-refractivity contribution in [3.05, 3.63) is 43.9 Å². The van der Waals surface area contributed by atoms with Crippen LogP contribution in [-0.2, 0) is 0 Å². The minimum absolute atomic E-state index is 0.101. The zero-order valence-electron chi connectivity index (χ0n) is 9.07. The molecule has 9 heteroatoms. The first-order valence-electron chi connectivity index (χ1n) is 4.78. The average Bonchev–Trinajstić information content (AvgIpc) is 2.74. The second-order valence-electron chi connectivity index (χ2n) is 3.28. The number of nitro benzene ring substituents is 1. The Labute approximate surface area is 118 Å². The average molecular weight is 345 g/mol. The van der Waals surface area contributed by atoms with Gasteiger partial charge in [0.25, 0.3) is 5.19 Å². The number of carbonyl (C=O) groups is 1. The molecule has 98 valence electrons. The third kappa shape index (κ3) is 3.06.